The van der Waals surface area contributed by atoms with Crippen molar-refractivity contribution in [2.45, 2.75) is 6.92 Å². The third kappa shape index (κ3) is 2.09. The van der Waals surface area contributed by atoms with Gasteiger partial charge in [-0.15, -0.1) is 0 Å². The Morgan fingerprint density at radius 2 is 1.94 bits per heavy atom. The van der Waals surface area contributed by atoms with Gasteiger partial charge in [0.1, 0.15) is 0 Å². The molecule has 2 aromatic rings. The summed E-state index contributed by atoms with van der Waals surface area (Å²) in [6, 6.07) is 7.64. The second-order valence-electron chi connectivity index (χ2n) is 3.97. The van der Waals surface area contributed by atoms with E-state index in [1.54, 1.807) is 20.4 Å². The standard InChI is InChI=1S/C14H16N2O2/c1-9-7-12(16-8-11(9)15)10-5-4-6-13(17-2)14(10)18-3/h4-8H,15H2,1-3H3. The fourth-order valence-corrected chi connectivity index (χ4v) is 1.80. The molecule has 1 aromatic heterocycles. The van der Waals surface area contributed by atoms with Crippen molar-refractivity contribution in [2.75, 3.05) is 20.0 Å². The summed E-state index contributed by atoms with van der Waals surface area (Å²) in [6.45, 7) is 1.95. The van der Waals surface area contributed by atoms with E-state index in [4.69, 9.17) is 15.2 Å². The summed E-state index contributed by atoms with van der Waals surface area (Å²) in [4.78, 5) is 4.33. The minimum atomic E-state index is 0.677. The quantitative estimate of drug-likeness (QED) is 0.901. The molecule has 0 fully saturated rings. The van der Waals surface area contributed by atoms with Crippen molar-refractivity contribution in [2.24, 2.45) is 0 Å². The molecule has 1 heterocycles. The summed E-state index contributed by atoms with van der Waals surface area (Å²) in [5, 5.41) is 0. The summed E-state index contributed by atoms with van der Waals surface area (Å²) >= 11 is 0. The van der Waals surface area contributed by atoms with Gasteiger partial charge in [-0.05, 0) is 30.7 Å². The first-order valence-corrected chi connectivity index (χ1v) is 5.61. The summed E-state index contributed by atoms with van der Waals surface area (Å²) < 4.78 is 10.7. The number of nitrogens with zero attached hydrogens (tertiary/aromatic N) is 1. The highest BCUT2D eigenvalue weighted by Crippen LogP contribution is 2.37. The molecule has 0 spiro atoms. The topological polar surface area (TPSA) is 57.4 Å². The van der Waals surface area contributed by atoms with Crippen LogP contribution in [0.1, 0.15) is 5.56 Å². The van der Waals surface area contributed by atoms with Gasteiger partial charge in [0.05, 0.1) is 31.8 Å². The van der Waals surface area contributed by atoms with Crippen molar-refractivity contribution in [3.63, 3.8) is 0 Å². The molecule has 18 heavy (non-hydrogen) atoms. The number of hydrogen-bond acceptors (Lipinski definition) is 4. The summed E-state index contributed by atoms with van der Waals surface area (Å²) in [6.07, 6.45) is 1.66. The number of ether oxygens (including phenoxy) is 2. The summed E-state index contributed by atoms with van der Waals surface area (Å²) in [5.74, 6) is 1.36. The molecule has 4 heteroatoms. The van der Waals surface area contributed by atoms with Gasteiger partial charge in [0.15, 0.2) is 11.5 Å². The number of rotatable bonds is 3. The maximum atomic E-state index is 5.77. The van der Waals surface area contributed by atoms with E-state index in [-0.39, 0.29) is 0 Å². The fraction of sp³-hybridized carbons (Fsp3) is 0.214. The van der Waals surface area contributed by atoms with Crippen molar-refractivity contribution in [1.29, 1.82) is 0 Å². The normalized spacial score (nSPS) is 10.2. The molecule has 0 amide bonds. The predicted octanol–water partition coefficient (Wildman–Crippen LogP) is 2.66. The molecule has 0 bridgehead atoms. The number of para-hydroxylation sites is 1. The predicted molar refractivity (Wildman–Crippen MR) is 71.9 cm³/mol. The second kappa shape index (κ2) is 4.96. The van der Waals surface area contributed by atoms with E-state index in [1.165, 1.54) is 0 Å². The maximum absolute atomic E-state index is 5.77. The molecule has 94 valence electrons. The zero-order valence-corrected chi connectivity index (χ0v) is 10.7. The van der Waals surface area contributed by atoms with Crippen LogP contribution < -0.4 is 15.2 Å². The third-order valence-corrected chi connectivity index (χ3v) is 2.83. The van der Waals surface area contributed by atoms with E-state index in [2.05, 4.69) is 4.98 Å². The van der Waals surface area contributed by atoms with Crippen LogP contribution in [0.5, 0.6) is 11.5 Å². The van der Waals surface area contributed by atoms with Crippen molar-refractivity contribution in [3.8, 4) is 22.8 Å². The molecule has 2 rings (SSSR count). The molecule has 0 atom stereocenters. The van der Waals surface area contributed by atoms with Crippen molar-refractivity contribution in [3.05, 3.63) is 36.0 Å². The number of anilines is 1. The number of hydrogen-bond donors (Lipinski definition) is 1. The Hall–Kier alpha value is -2.23. The van der Waals surface area contributed by atoms with Crippen LogP contribution in [0.15, 0.2) is 30.5 Å². The van der Waals surface area contributed by atoms with Gasteiger partial charge in [0, 0.05) is 5.56 Å². The summed E-state index contributed by atoms with van der Waals surface area (Å²) in [5.41, 5.74) is 9.15. The van der Waals surface area contributed by atoms with Crippen molar-refractivity contribution >= 4 is 5.69 Å². The van der Waals surface area contributed by atoms with Crippen LogP contribution in [-0.2, 0) is 0 Å². The number of methoxy groups -OCH3 is 2. The molecular formula is C14H16N2O2. The number of benzene rings is 1. The van der Waals surface area contributed by atoms with E-state index < -0.39 is 0 Å². The first-order valence-electron chi connectivity index (χ1n) is 5.61. The van der Waals surface area contributed by atoms with Gasteiger partial charge >= 0.3 is 0 Å². The largest absolute Gasteiger partial charge is 0.493 e. The Morgan fingerprint density at radius 3 is 2.56 bits per heavy atom. The maximum Gasteiger partial charge on any atom is 0.170 e. The van der Waals surface area contributed by atoms with E-state index in [9.17, 15) is 0 Å². The Morgan fingerprint density at radius 1 is 1.17 bits per heavy atom. The zero-order chi connectivity index (χ0) is 13.1. The van der Waals surface area contributed by atoms with Gasteiger partial charge in [-0.2, -0.15) is 0 Å². The highest BCUT2D eigenvalue weighted by atomic mass is 16.5. The molecule has 2 N–H and O–H groups in total. The van der Waals surface area contributed by atoms with Crippen LogP contribution in [0, 0.1) is 6.92 Å². The lowest BCUT2D eigenvalue weighted by molar-refractivity contribution is 0.356. The van der Waals surface area contributed by atoms with E-state index in [0.717, 1.165) is 16.8 Å². The van der Waals surface area contributed by atoms with E-state index in [0.29, 0.717) is 17.2 Å². The highest BCUT2D eigenvalue weighted by Gasteiger charge is 2.12. The molecule has 0 aliphatic carbocycles. The summed E-state index contributed by atoms with van der Waals surface area (Å²) in [7, 11) is 3.23. The highest BCUT2D eigenvalue weighted by molar-refractivity contribution is 5.72. The molecular weight excluding hydrogens is 228 g/mol. The SMILES string of the molecule is COc1cccc(-c2cc(C)c(N)cn2)c1OC. The third-order valence-electron chi connectivity index (χ3n) is 2.83. The Kier molecular flexibility index (Phi) is 3.37. The van der Waals surface area contributed by atoms with Gasteiger partial charge in [0.25, 0.3) is 0 Å². The Balaban J connectivity index is 2.59. The van der Waals surface area contributed by atoms with Gasteiger partial charge in [-0.1, -0.05) is 6.07 Å². The van der Waals surface area contributed by atoms with Crippen LogP contribution >= 0.6 is 0 Å². The monoisotopic (exact) mass is 244 g/mol. The number of aromatic nitrogens is 1. The molecule has 1 aromatic carbocycles. The molecule has 0 aliphatic heterocycles. The Bertz CT molecular complexity index is 568. The average Bonchev–Trinajstić information content (AvgIpc) is 2.40. The lowest BCUT2D eigenvalue weighted by Gasteiger charge is -2.12. The van der Waals surface area contributed by atoms with Crippen LogP contribution in [0.25, 0.3) is 11.3 Å². The van der Waals surface area contributed by atoms with Crippen molar-refractivity contribution < 1.29 is 9.47 Å². The Labute approximate surface area is 106 Å². The van der Waals surface area contributed by atoms with Crippen LogP contribution in [0.4, 0.5) is 5.69 Å². The van der Waals surface area contributed by atoms with Crippen LogP contribution in [-0.4, -0.2) is 19.2 Å². The first-order chi connectivity index (χ1) is 8.67. The van der Waals surface area contributed by atoms with Gasteiger partial charge in [-0.3, -0.25) is 4.98 Å². The molecule has 0 aliphatic rings. The first kappa shape index (κ1) is 12.2. The van der Waals surface area contributed by atoms with Gasteiger partial charge in [-0.25, -0.2) is 0 Å². The number of nitrogen functional groups attached to an aromatic ring is 1. The zero-order valence-electron chi connectivity index (χ0n) is 10.7. The smallest absolute Gasteiger partial charge is 0.170 e. The van der Waals surface area contributed by atoms with Gasteiger partial charge in [0.2, 0.25) is 0 Å². The molecule has 0 saturated carbocycles. The van der Waals surface area contributed by atoms with E-state index >= 15 is 0 Å². The van der Waals surface area contributed by atoms with Gasteiger partial charge < -0.3 is 15.2 Å². The molecule has 0 unspecified atom stereocenters. The number of pyridine rings is 1. The lowest BCUT2D eigenvalue weighted by Crippen LogP contribution is -1.96. The lowest BCUT2D eigenvalue weighted by atomic mass is 10.1. The number of nitrogens with two attached hydrogens (primary N) is 1. The number of aryl methyl sites for hydroxylation is 1. The average molecular weight is 244 g/mol. The molecule has 4 nitrogen and oxygen atoms in total. The molecule has 0 radical (unpaired) electrons. The van der Waals surface area contributed by atoms with E-state index in [1.807, 2.05) is 31.2 Å². The minimum Gasteiger partial charge on any atom is -0.493 e. The fourth-order valence-electron chi connectivity index (χ4n) is 1.80. The minimum absolute atomic E-state index is 0.677. The van der Waals surface area contributed by atoms with Crippen molar-refractivity contribution in [1.82, 2.24) is 4.98 Å². The van der Waals surface area contributed by atoms with Crippen LogP contribution in [0.3, 0.4) is 0 Å². The molecule has 0 saturated heterocycles. The van der Waals surface area contributed by atoms with Crippen LogP contribution in [0.2, 0.25) is 0 Å². The second-order valence-corrected chi connectivity index (χ2v) is 3.97.